The van der Waals surface area contributed by atoms with E-state index in [9.17, 15) is 18.0 Å². The van der Waals surface area contributed by atoms with Crippen LogP contribution in [-0.4, -0.2) is 17.1 Å². The van der Waals surface area contributed by atoms with E-state index in [1.807, 2.05) is 0 Å². The van der Waals surface area contributed by atoms with Crippen LogP contribution in [0.25, 0.3) is 11.3 Å². The summed E-state index contributed by atoms with van der Waals surface area (Å²) < 4.78 is 43.9. The Labute approximate surface area is 136 Å². The Morgan fingerprint density at radius 3 is 2.52 bits per heavy atom. The normalized spacial score (nSPS) is 11.6. The number of benzene rings is 1. The first-order valence-corrected chi connectivity index (χ1v) is 7.11. The first-order valence-electron chi connectivity index (χ1n) is 6.73. The maximum absolute atomic E-state index is 13.0. The lowest BCUT2D eigenvalue weighted by Crippen LogP contribution is -2.14. The van der Waals surface area contributed by atoms with Crippen molar-refractivity contribution in [1.82, 2.24) is 4.98 Å². The van der Waals surface area contributed by atoms with Crippen LogP contribution in [-0.2, 0) is 10.9 Å². The summed E-state index contributed by atoms with van der Waals surface area (Å²) in [5.74, 6) is -0.731. The van der Waals surface area contributed by atoms with E-state index in [0.29, 0.717) is 0 Å². The van der Waals surface area contributed by atoms with Crippen molar-refractivity contribution >= 4 is 17.6 Å². The molecule has 0 fully saturated rings. The van der Waals surface area contributed by atoms with Crippen LogP contribution in [0.3, 0.4) is 0 Å². The number of carbonyl (C=O) groups is 1. The Morgan fingerprint density at radius 1 is 1.26 bits per heavy atom. The predicted octanol–water partition coefficient (Wildman–Crippen LogP) is 4.99. The highest BCUT2D eigenvalue weighted by Gasteiger charge is 2.32. The first-order chi connectivity index (χ1) is 10.7. The summed E-state index contributed by atoms with van der Waals surface area (Å²) in [5, 5.41) is 0.144. The molecule has 2 aromatic rings. The average Bonchev–Trinajstić information content (AvgIpc) is 2.45. The number of ether oxygens (including phenoxy) is 1. The van der Waals surface area contributed by atoms with Crippen LogP contribution in [0.2, 0.25) is 5.02 Å². The molecule has 3 nitrogen and oxygen atoms in total. The smallest absolute Gasteiger partial charge is 0.416 e. The Bertz CT molecular complexity index is 730. The monoisotopic (exact) mass is 343 g/mol. The SMILES string of the molecule is CC(C)OC(=O)c1ccc(C(F)(F)F)cc1-c1ncccc1Cl. The van der Waals surface area contributed by atoms with Crippen molar-refractivity contribution in [2.24, 2.45) is 0 Å². The summed E-state index contributed by atoms with van der Waals surface area (Å²) in [6.07, 6.45) is -3.56. The molecule has 0 bridgehead atoms. The van der Waals surface area contributed by atoms with Gasteiger partial charge in [0.05, 0.1) is 27.9 Å². The van der Waals surface area contributed by atoms with Gasteiger partial charge in [-0.1, -0.05) is 11.6 Å². The maximum Gasteiger partial charge on any atom is 0.416 e. The Kier molecular flexibility index (Phi) is 4.94. The van der Waals surface area contributed by atoms with Gasteiger partial charge in [-0.05, 0) is 44.2 Å². The third-order valence-corrected chi connectivity index (χ3v) is 3.23. The second-order valence-corrected chi connectivity index (χ2v) is 5.45. The molecule has 1 aromatic heterocycles. The fourth-order valence-electron chi connectivity index (χ4n) is 1.96. The Balaban J connectivity index is 2.64. The summed E-state index contributed by atoms with van der Waals surface area (Å²) >= 11 is 6.01. The molecule has 0 saturated heterocycles. The van der Waals surface area contributed by atoms with Gasteiger partial charge in [0.1, 0.15) is 0 Å². The van der Waals surface area contributed by atoms with Gasteiger partial charge >= 0.3 is 12.1 Å². The Hall–Kier alpha value is -2.08. The molecule has 0 unspecified atom stereocenters. The van der Waals surface area contributed by atoms with Crippen molar-refractivity contribution in [1.29, 1.82) is 0 Å². The second-order valence-electron chi connectivity index (χ2n) is 5.05. The van der Waals surface area contributed by atoms with Crippen LogP contribution in [0.1, 0.15) is 29.8 Å². The molecular formula is C16H13ClF3NO2. The minimum absolute atomic E-state index is 0.0175. The molecule has 122 valence electrons. The van der Waals surface area contributed by atoms with E-state index < -0.39 is 23.8 Å². The van der Waals surface area contributed by atoms with Gasteiger partial charge in [0.15, 0.2) is 0 Å². The number of aromatic nitrogens is 1. The molecule has 0 saturated carbocycles. The predicted molar refractivity (Wildman–Crippen MR) is 80.2 cm³/mol. The molecule has 1 aromatic carbocycles. The van der Waals surface area contributed by atoms with Crippen LogP contribution >= 0.6 is 11.6 Å². The zero-order valence-electron chi connectivity index (χ0n) is 12.3. The molecule has 0 aliphatic carbocycles. The lowest BCUT2D eigenvalue weighted by molar-refractivity contribution is -0.137. The van der Waals surface area contributed by atoms with E-state index in [2.05, 4.69) is 4.98 Å². The topological polar surface area (TPSA) is 39.2 Å². The van der Waals surface area contributed by atoms with Crippen LogP contribution in [0.5, 0.6) is 0 Å². The van der Waals surface area contributed by atoms with Crippen molar-refractivity contribution in [3.63, 3.8) is 0 Å². The number of pyridine rings is 1. The third kappa shape index (κ3) is 4.01. The standard InChI is InChI=1S/C16H13ClF3NO2/c1-9(2)23-15(22)11-6-5-10(16(18,19)20)8-12(11)14-13(17)4-3-7-21-14/h3-9H,1-2H3. The van der Waals surface area contributed by atoms with E-state index >= 15 is 0 Å². The molecule has 0 aliphatic heterocycles. The second kappa shape index (κ2) is 6.58. The van der Waals surface area contributed by atoms with Crippen LogP contribution in [0, 0.1) is 0 Å². The van der Waals surface area contributed by atoms with Gasteiger partial charge in [0.2, 0.25) is 0 Å². The number of halogens is 4. The first kappa shape index (κ1) is 17.3. The number of nitrogens with zero attached hydrogens (tertiary/aromatic N) is 1. The average molecular weight is 344 g/mol. The van der Waals surface area contributed by atoms with E-state index in [4.69, 9.17) is 16.3 Å². The number of carbonyl (C=O) groups excluding carboxylic acids is 1. The number of esters is 1. The summed E-state index contributed by atoms with van der Waals surface area (Å²) in [7, 11) is 0. The minimum Gasteiger partial charge on any atom is -0.459 e. The third-order valence-electron chi connectivity index (χ3n) is 2.92. The molecule has 0 N–H and O–H groups in total. The van der Waals surface area contributed by atoms with Crippen LogP contribution in [0.4, 0.5) is 13.2 Å². The van der Waals surface area contributed by atoms with E-state index in [1.165, 1.54) is 12.3 Å². The van der Waals surface area contributed by atoms with Gasteiger partial charge in [-0.25, -0.2) is 4.79 Å². The van der Waals surface area contributed by atoms with Crippen LogP contribution < -0.4 is 0 Å². The highest BCUT2D eigenvalue weighted by Crippen LogP contribution is 2.35. The molecule has 0 atom stereocenters. The molecule has 0 spiro atoms. The highest BCUT2D eigenvalue weighted by atomic mass is 35.5. The van der Waals surface area contributed by atoms with Crippen molar-refractivity contribution in [2.75, 3.05) is 0 Å². The summed E-state index contributed by atoms with van der Waals surface area (Å²) in [4.78, 5) is 16.1. The molecule has 23 heavy (non-hydrogen) atoms. The molecule has 7 heteroatoms. The number of rotatable bonds is 3. The lowest BCUT2D eigenvalue weighted by Gasteiger charge is -2.15. The van der Waals surface area contributed by atoms with Gasteiger partial charge in [-0.15, -0.1) is 0 Å². The van der Waals surface area contributed by atoms with Crippen LogP contribution in [0.15, 0.2) is 36.5 Å². The van der Waals surface area contributed by atoms with Crippen molar-refractivity contribution < 1.29 is 22.7 Å². The van der Waals surface area contributed by atoms with Gasteiger partial charge in [0, 0.05) is 11.8 Å². The van der Waals surface area contributed by atoms with Gasteiger partial charge in [-0.2, -0.15) is 13.2 Å². The van der Waals surface area contributed by atoms with Gasteiger partial charge in [0.25, 0.3) is 0 Å². The zero-order valence-corrected chi connectivity index (χ0v) is 13.1. The highest BCUT2D eigenvalue weighted by molar-refractivity contribution is 6.33. The molecule has 0 amide bonds. The largest absolute Gasteiger partial charge is 0.459 e. The summed E-state index contributed by atoms with van der Waals surface area (Å²) in [6, 6.07) is 5.80. The lowest BCUT2D eigenvalue weighted by atomic mass is 10.00. The van der Waals surface area contributed by atoms with Gasteiger partial charge < -0.3 is 4.74 Å². The molecule has 1 heterocycles. The molecular weight excluding hydrogens is 331 g/mol. The molecule has 2 rings (SSSR count). The zero-order chi connectivity index (χ0) is 17.2. The molecule has 0 aliphatic rings. The van der Waals surface area contributed by atoms with E-state index in [0.717, 1.165) is 18.2 Å². The van der Waals surface area contributed by atoms with Crippen molar-refractivity contribution in [3.05, 3.63) is 52.7 Å². The molecule has 0 radical (unpaired) electrons. The fourth-order valence-corrected chi connectivity index (χ4v) is 2.18. The van der Waals surface area contributed by atoms with Gasteiger partial charge in [-0.3, -0.25) is 4.98 Å². The summed E-state index contributed by atoms with van der Waals surface area (Å²) in [6.45, 7) is 3.30. The number of hydrogen-bond acceptors (Lipinski definition) is 3. The Morgan fingerprint density at radius 2 is 1.96 bits per heavy atom. The number of hydrogen-bond donors (Lipinski definition) is 0. The van der Waals surface area contributed by atoms with E-state index in [1.54, 1.807) is 19.9 Å². The maximum atomic E-state index is 13.0. The number of alkyl halides is 3. The van der Waals surface area contributed by atoms with Crippen molar-refractivity contribution in [2.45, 2.75) is 26.1 Å². The minimum atomic E-state index is -4.55. The summed E-state index contributed by atoms with van der Waals surface area (Å²) in [5.41, 5.74) is -0.838. The van der Waals surface area contributed by atoms with Crippen molar-refractivity contribution in [3.8, 4) is 11.3 Å². The quantitative estimate of drug-likeness (QED) is 0.737. The van der Waals surface area contributed by atoms with E-state index in [-0.39, 0.29) is 21.8 Å². The fraction of sp³-hybridized carbons (Fsp3) is 0.250.